The van der Waals surface area contributed by atoms with E-state index in [0.717, 1.165) is 28.7 Å². The van der Waals surface area contributed by atoms with Crippen LogP contribution in [-0.2, 0) is 16.4 Å². The van der Waals surface area contributed by atoms with E-state index in [1.165, 1.54) is 0 Å². The lowest BCUT2D eigenvalue weighted by atomic mass is 10.2. The number of anilines is 2. The monoisotopic (exact) mass is 386 g/mol. The molecule has 1 aliphatic heterocycles. The van der Waals surface area contributed by atoms with Crippen molar-refractivity contribution in [3.63, 3.8) is 0 Å². The van der Waals surface area contributed by atoms with Gasteiger partial charge in [0, 0.05) is 16.7 Å². The van der Waals surface area contributed by atoms with E-state index in [4.69, 9.17) is 11.6 Å². The molecule has 2 aromatic rings. The molecule has 1 aliphatic rings. The molecule has 0 bridgehead atoms. The first-order chi connectivity index (χ1) is 9.95. The van der Waals surface area contributed by atoms with Crippen molar-refractivity contribution in [2.45, 2.75) is 11.3 Å². The summed E-state index contributed by atoms with van der Waals surface area (Å²) >= 11 is 9.25. The third-order valence-electron chi connectivity index (χ3n) is 3.27. The van der Waals surface area contributed by atoms with Gasteiger partial charge in [0.1, 0.15) is 0 Å². The molecule has 0 saturated heterocycles. The molecule has 0 unspecified atom stereocenters. The molecule has 0 fully saturated rings. The Morgan fingerprint density at radius 1 is 1.19 bits per heavy atom. The van der Waals surface area contributed by atoms with Crippen LogP contribution in [0.3, 0.4) is 0 Å². The average molecular weight is 388 g/mol. The number of hydrogen-bond donors (Lipinski definition) is 2. The van der Waals surface area contributed by atoms with Crippen molar-refractivity contribution in [3.8, 4) is 0 Å². The highest BCUT2D eigenvalue weighted by molar-refractivity contribution is 9.10. The second-order valence-electron chi connectivity index (χ2n) is 4.73. The summed E-state index contributed by atoms with van der Waals surface area (Å²) in [6, 6.07) is 10.0. The number of sulfonamides is 1. The molecule has 0 radical (unpaired) electrons. The van der Waals surface area contributed by atoms with Crippen LogP contribution in [0.5, 0.6) is 0 Å². The zero-order valence-corrected chi connectivity index (χ0v) is 14.0. The van der Waals surface area contributed by atoms with E-state index in [9.17, 15) is 8.42 Å². The molecule has 110 valence electrons. The van der Waals surface area contributed by atoms with Crippen molar-refractivity contribution < 1.29 is 8.42 Å². The minimum Gasteiger partial charge on any atom is -0.384 e. The first kappa shape index (κ1) is 14.7. The summed E-state index contributed by atoms with van der Waals surface area (Å²) in [5, 5.41) is 3.66. The van der Waals surface area contributed by atoms with Gasteiger partial charge in [-0.2, -0.15) is 0 Å². The van der Waals surface area contributed by atoms with Gasteiger partial charge in [-0.3, -0.25) is 4.72 Å². The maximum Gasteiger partial charge on any atom is 0.261 e. The van der Waals surface area contributed by atoms with Crippen LogP contribution in [0.1, 0.15) is 5.56 Å². The highest BCUT2D eigenvalue weighted by atomic mass is 79.9. The van der Waals surface area contributed by atoms with Crippen molar-refractivity contribution in [3.05, 3.63) is 51.5 Å². The van der Waals surface area contributed by atoms with E-state index in [-0.39, 0.29) is 4.90 Å². The number of fused-ring (bicyclic) bond motifs is 1. The summed E-state index contributed by atoms with van der Waals surface area (Å²) in [6.45, 7) is 0.842. The second-order valence-corrected chi connectivity index (χ2v) is 7.67. The van der Waals surface area contributed by atoms with Gasteiger partial charge in [-0.25, -0.2) is 8.42 Å². The molecule has 2 N–H and O–H groups in total. The van der Waals surface area contributed by atoms with Crippen LogP contribution in [0.25, 0.3) is 0 Å². The van der Waals surface area contributed by atoms with Gasteiger partial charge in [0.25, 0.3) is 10.0 Å². The second kappa shape index (κ2) is 5.51. The minimum absolute atomic E-state index is 0.254. The summed E-state index contributed by atoms with van der Waals surface area (Å²) < 4.78 is 28.1. The largest absolute Gasteiger partial charge is 0.384 e. The molecule has 0 aromatic heterocycles. The molecule has 4 nitrogen and oxygen atoms in total. The Morgan fingerprint density at radius 2 is 2.00 bits per heavy atom. The van der Waals surface area contributed by atoms with Crippen LogP contribution in [0.15, 0.2) is 45.8 Å². The predicted molar refractivity (Wildman–Crippen MR) is 88.6 cm³/mol. The summed E-state index contributed by atoms with van der Waals surface area (Å²) in [7, 11) is -3.62. The first-order valence-electron chi connectivity index (χ1n) is 6.30. The Labute approximate surface area is 136 Å². The molecule has 0 amide bonds. The van der Waals surface area contributed by atoms with Crippen molar-refractivity contribution in [2.75, 3.05) is 16.6 Å². The van der Waals surface area contributed by atoms with Crippen LogP contribution in [0, 0.1) is 0 Å². The summed E-state index contributed by atoms with van der Waals surface area (Å²) in [5.74, 6) is 0. The minimum atomic E-state index is -3.62. The van der Waals surface area contributed by atoms with E-state index in [0.29, 0.717) is 10.7 Å². The van der Waals surface area contributed by atoms with Crippen LogP contribution >= 0.6 is 27.5 Å². The van der Waals surface area contributed by atoms with E-state index in [1.54, 1.807) is 36.4 Å². The maximum atomic E-state index is 12.4. The fourth-order valence-electron chi connectivity index (χ4n) is 2.22. The molecule has 0 saturated carbocycles. The van der Waals surface area contributed by atoms with Gasteiger partial charge in [-0.15, -0.1) is 0 Å². The summed E-state index contributed by atoms with van der Waals surface area (Å²) in [6.07, 6.45) is 0.836. The van der Waals surface area contributed by atoms with Gasteiger partial charge < -0.3 is 5.32 Å². The van der Waals surface area contributed by atoms with Gasteiger partial charge in [0.2, 0.25) is 0 Å². The Hall–Kier alpha value is -1.24. The maximum absolute atomic E-state index is 12.4. The van der Waals surface area contributed by atoms with E-state index < -0.39 is 10.0 Å². The average Bonchev–Trinajstić information content (AvgIpc) is 2.90. The lowest BCUT2D eigenvalue weighted by molar-refractivity contribution is 0.601. The molecule has 3 rings (SSSR count). The molecule has 0 spiro atoms. The molecular weight excluding hydrogens is 376 g/mol. The SMILES string of the molecule is O=S(=O)(Nc1ccc(Br)c(Cl)c1)c1ccc2c(c1)CCN2. The fourth-order valence-corrected chi connectivity index (χ4v) is 3.75. The summed E-state index contributed by atoms with van der Waals surface area (Å²) in [4.78, 5) is 0.254. The number of benzene rings is 2. The Bertz CT molecular complexity index is 809. The van der Waals surface area contributed by atoms with Crippen LogP contribution < -0.4 is 10.0 Å². The van der Waals surface area contributed by atoms with Gasteiger partial charge in [-0.1, -0.05) is 11.6 Å². The lowest BCUT2D eigenvalue weighted by Crippen LogP contribution is -2.13. The topological polar surface area (TPSA) is 58.2 Å². The molecule has 21 heavy (non-hydrogen) atoms. The van der Waals surface area contributed by atoms with Gasteiger partial charge in [-0.05, 0) is 64.3 Å². The highest BCUT2D eigenvalue weighted by Crippen LogP contribution is 2.29. The zero-order valence-electron chi connectivity index (χ0n) is 10.9. The summed E-state index contributed by atoms with van der Waals surface area (Å²) in [5.41, 5.74) is 2.45. The van der Waals surface area contributed by atoms with E-state index in [2.05, 4.69) is 26.0 Å². The fraction of sp³-hybridized carbons (Fsp3) is 0.143. The van der Waals surface area contributed by atoms with E-state index in [1.807, 2.05) is 0 Å². The molecule has 0 aliphatic carbocycles. The molecule has 7 heteroatoms. The zero-order chi connectivity index (χ0) is 15.0. The third-order valence-corrected chi connectivity index (χ3v) is 5.88. The van der Waals surface area contributed by atoms with Crippen molar-refractivity contribution >= 4 is 48.9 Å². The quantitative estimate of drug-likeness (QED) is 0.840. The van der Waals surface area contributed by atoms with Gasteiger partial charge >= 0.3 is 0 Å². The van der Waals surface area contributed by atoms with E-state index >= 15 is 0 Å². The molecule has 2 aromatic carbocycles. The van der Waals surface area contributed by atoms with Crippen molar-refractivity contribution in [1.29, 1.82) is 0 Å². The number of halogens is 2. The molecule has 0 atom stereocenters. The van der Waals surface area contributed by atoms with Crippen molar-refractivity contribution in [1.82, 2.24) is 0 Å². The van der Waals surface area contributed by atoms with Crippen molar-refractivity contribution in [2.24, 2.45) is 0 Å². The third kappa shape index (κ3) is 3.02. The first-order valence-corrected chi connectivity index (χ1v) is 8.96. The van der Waals surface area contributed by atoms with Crippen LogP contribution in [0.2, 0.25) is 5.02 Å². The van der Waals surface area contributed by atoms with Crippen LogP contribution in [-0.4, -0.2) is 15.0 Å². The number of hydrogen-bond acceptors (Lipinski definition) is 3. The highest BCUT2D eigenvalue weighted by Gasteiger charge is 2.18. The standard InChI is InChI=1S/C14H12BrClN2O2S/c15-12-3-1-10(8-13(12)16)18-21(19,20)11-2-4-14-9(7-11)5-6-17-14/h1-4,7-8,17-18H,5-6H2. The lowest BCUT2D eigenvalue weighted by Gasteiger charge is -2.10. The Kier molecular flexibility index (Phi) is 3.86. The Morgan fingerprint density at radius 3 is 2.76 bits per heavy atom. The molecule has 1 heterocycles. The van der Waals surface area contributed by atoms with Gasteiger partial charge in [0.05, 0.1) is 15.6 Å². The normalized spacial score (nSPS) is 13.6. The van der Waals surface area contributed by atoms with Gasteiger partial charge in [0.15, 0.2) is 0 Å². The Balaban J connectivity index is 1.91. The predicted octanol–water partition coefficient (Wildman–Crippen LogP) is 3.87. The number of rotatable bonds is 3. The molecular formula is C14H12BrClN2O2S. The van der Waals surface area contributed by atoms with Crippen LogP contribution in [0.4, 0.5) is 11.4 Å². The number of nitrogens with one attached hydrogen (secondary N) is 2. The smallest absolute Gasteiger partial charge is 0.261 e.